The van der Waals surface area contributed by atoms with Gasteiger partial charge in [0.2, 0.25) is 5.79 Å². The molecule has 1 aromatic carbocycles. The van der Waals surface area contributed by atoms with E-state index in [2.05, 4.69) is 20.9 Å². The number of ether oxygens (including phenoxy) is 2. The molecule has 0 bridgehead atoms. The summed E-state index contributed by atoms with van der Waals surface area (Å²) in [7, 11) is -3.67. The molecule has 2 N–H and O–H groups in total. The Kier molecular flexibility index (Phi) is 7.19. The summed E-state index contributed by atoms with van der Waals surface area (Å²) in [5.74, 6) is -1.02. The lowest BCUT2D eigenvalue weighted by molar-refractivity contribution is -0.189. The van der Waals surface area contributed by atoms with Gasteiger partial charge in [-0.15, -0.1) is 0 Å². The van der Waals surface area contributed by atoms with Crippen LogP contribution >= 0.6 is 27.5 Å². The van der Waals surface area contributed by atoms with E-state index in [-0.39, 0.29) is 12.7 Å². The van der Waals surface area contributed by atoms with Gasteiger partial charge in [-0.05, 0) is 12.1 Å². The van der Waals surface area contributed by atoms with Crippen LogP contribution in [0.2, 0.25) is 5.02 Å². The molecule has 1 fully saturated rings. The number of nitrogens with zero attached hydrogens (tertiary/aromatic N) is 2. The number of benzene rings is 1. The van der Waals surface area contributed by atoms with E-state index in [9.17, 15) is 13.5 Å². The first-order valence-corrected chi connectivity index (χ1v) is 10.4. The molecule has 0 aliphatic carbocycles. The zero-order chi connectivity index (χ0) is 19.4. The van der Waals surface area contributed by atoms with Gasteiger partial charge in [0, 0.05) is 22.4 Å². The van der Waals surface area contributed by atoms with Crippen molar-refractivity contribution in [3.05, 3.63) is 52.0 Å². The Hall–Kier alpha value is -1.01. The molecule has 0 spiro atoms. The zero-order valence-electron chi connectivity index (χ0n) is 13.7. The van der Waals surface area contributed by atoms with Crippen molar-refractivity contribution in [3.63, 3.8) is 0 Å². The lowest BCUT2D eigenvalue weighted by atomic mass is 10.1. The van der Waals surface area contributed by atoms with E-state index in [4.69, 9.17) is 25.6 Å². The summed E-state index contributed by atoms with van der Waals surface area (Å²) >= 11 is 9.74. The van der Waals surface area contributed by atoms with Gasteiger partial charge in [0.1, 0.15) is 6.10 Å². The van der Waals surface area contributed by atoms with Crippen molar-refractivity contribution in [1.29, 1.82) is 0 Å². The summed E-state index contributed by atoms with van der Waals surface area (Å²) < 4.78 is 40.5. The topological polar surface area (TPSA) is 111 Å². The molecule has 11 heteroatoms. The summed E-state index contributed by atoms with van der Waals surface area (Å²) in [5.41, 5.74) is 0.733. The fourth-order valence-corrected chi connectivity index (χ4v) is 3.20. The van der Waals surface area contributed by atoms with E-state index >= 15 is 0 Å². The van der Waals surface area contributed by atoms with Crippen LogP contribution in [0.4, 0.5) is 0 Å². The van der Waals surface area contributed by atoms with Crippen LogP contribution in [0.25, 0.3) is 0 Å². The van der Waals surface area contributed by atoms with Gasteiger partial charge < -0.3 is 19.1 Å². The van der Waals surface area contributed by atoms with Crippen molar-refractivity contribution in [3.8, 4) is 0 Å². The molecule has 0 radical (unpaired) electrons. The number of rotatable bonds is 4. The summed E-state index contributed by atoms with van der Waals surface area (Å²) in [6.07, 6.45) is 5.55. The first-order valence-electron chi connectivity index (χ1n) is 7.39. The molecule has 1 aliphatic rings. The Bertz CT molecular complexity index is 825. The van der Waals surface area contributed by atoms with Crippen LogP contribution in [0.3, 0.4) is 0 Å². The van der Waals surface area contributed by atoms with Crippen LogP contribution in [-0.2, 0) is 31.9 Å². The summed E-state index contributed by atoms with van der Waals surface area (Å²) in [5, 5.41) is 9.86. The largest absolute Gasteiger partial charge is 0.394 e. The van der Waals surface area contributed by atoms with E-state index in [1.807, 2.05) is 22.9 Å². The SMILES string of the molecule is CS(=O)(=O)O.OC[C@@H]1CO[C@@](Cn2ccnc2)(c2ccc(Br)cc2Cl)O1. The second kappa shape index (κ2) is 8.79. The number of hydrogen-bond donors (Lipinski definition) is 2. The molecule has 144 valence electrons. The predicted molar refractivity (Wildman–Crippen MR) is 98.4 cm³/mol. The van der Waals surface area contributed by atoms with Crippen molar-refractivity contribution < 1.29 is 27.6 Å². The molecular formula is C15H18BrClN2O6S. The molecule has 26 heavy (non-hydrogen) atoms. The van der Waals surface area contributed by atoms with Crippen LogP contribution in [0.1, 0.15) is 5.56 Å². The first kappa shape index (κ1) is 21.3. The average molecular weight is 470 g/mol. The molecule has 2 aromatic rings. The first-order chi connectivity index (χ1) is 12.1. The van der Waals surface area contributed by atoms with Crippen molar-refractivity contribution >= 4 is 37.6 Å². The van der Waals surface area contributed by atoms with Crippen LogP contribution in [0.15, 0.2) is 41.4 Å². The van der Waals surface area contributed by atoms with Crippen molar-refractivity contribution in [2.75, 3.05) is 19.5 Å². The Labute approximate surface area is 164 Å². The minimum atomic E-state index is -3.67. The van der Waals surface area contributed by atoms with Crippen molar-refractivity contribution in [1.82, 2.24) is 9.55 Å². The monoisotopic (exact) mass is 468 g/mol. The number of aliphatic hydroxyl groups is 1. The van der Waals surface area contributed by atoms with Crippen LogP contribution in [-0.4, -0.2) is 53.2 Å². The molecule has 2 atom stereocenters. The van der Waals surface area contributed by atoms with Gasteiger partial charge in [-0.25, -0.2) is 4.98 Å². The normalized spacial score (nSPS) is 22.7. The Morgan fingerprint density at radius 2 is 2.19 bits per heavy atom. The maximum Gasteiger partial charge on any atom is 0.261 e. The van der Waals surface area contributed by atoms with E-state index in [1.165, 1.54) is 0 Å². The second-order valence-electron chi connectivity index (χ2n) is 5.58. The smallest absolute Gasteiger partial charge is 0.261 e. The zero-order valence-corrected chi connectivity index (χ0v) is 16.9. The second-order valence-corrected chi connectivity index (χ2v) is 8.37. The molecule has 8 nitrogen and oxygen atoms in total. The van der Waals surface area contributed by atoms with Crippen LogP contribution in [0.5, 0.6) is 0 Å². The lowest BCUT2D eigenvalue weighted by Crippen LogP contribution is -2.34. The van der Waals surface area contributed by atoms with Gasteiger partial charge in [-0.1, -0.05) is 33.6 Å². The summed E-state index contributed by atoms with van der Waals surface area (Å²) in [6, 6.07) is 5.55. The number of halogens is 2. The predicted octanol–water partition coefficient (Wildman–Crippen LogP) is 2.06. The number of hydrogen-bond acceptors (Lipinski definition) is 6. The Morgan fingerprint density at radius 3 is 2.69 bits per heavy atom. The van der Waals surface area contributed by atoms with Crippen molar-refractivity contribution in [2.45, 2.75) is 18.4 Å². The van der Waals surface area contributed by atoms with E-state index in [0.29, 0.717) is 24.4 Å². The van der Waals surface area contributed by atoms with Gasteiger partial charge >= 0.3 is 0 Å². The lowest BCUT2D eigenvalue weighted by Gasteiger charge is -2.29. The molecule has 0 unspecified atom stereocenters. The highest BCUT2D eigenvalue weighted by Crippen LogP contribution is 2.40. The van der Waals surface area contributed by atoms with Gasteiger partial charge in [0.25, 0.3) is 10.1 Å². The molecule has 3 rings (SSSR count). The van der Waals surface area contributed by atoms with E-state index in [0.717, 1.165) is 10.0 Å². The van der Waals surface area contributed by atoms with Crippen molar-refractivity contribution in [2.24, 2.45) is 0 Å². The molecular weight excluding hydrogens is 452 g/mol. The molecule has 1 saturated heterocycles. The van der Waals surface area contributed by atoms with Gasteiger partial charge in [0.15, 0.2) is 0 Å². The molecule has 0 saturated carbocycles. The highest BCUT2D eigenvalue weighted by atomic mass is 79.9. The minimum absolute atomic E-state index is 0.0974. The summed E-state index contributed by atoms with van der Waals surface area (Å²) in [6.45, 7) is 0.627. The third-order valence-corrected chi connectivity index (χ3v) is 4.16. The maximum absolute atomic E-state index is 9.32. The maximum atomic E-state index is 9.32. The van der Waals surface area contributed by atoms with Gasteiger partial charge in [-0.2, -0.15) is 8.42 Å². The van der Waals surface area contributed by atoms with E-state index < -0.39 is 15.9 Å². The number of imidazole rings is 1. The number of aromatic nitrogens is 2. The van der Waals surface area contributed by atoms with E-state index in [1.54, 1.807) is 18.6 Å². The van der Waals surface area contributed by atoms with Gasteiger partial charge in [-0.3, -0.25) is 4.55 Å². The summed E-state index contributed by atoms with van der Waals surface area (Å²) in [4.78, 5) is 4.03. The highest BCUT2D eigenvalue weighted by Gasteiger charge is 2.44. The van der Waals surface area contributed by atoms with Crippen LogP contribution in [0, 0.1) is 0 Å². The highest BCUT2D eigenvalue weighted by molar-refractivity contribution is 9.10. The standard InChI is InChI=1S/C14H14BrClN2O3.CH4O3S/c15-10-1-2-12(13(16)5-10)14(8-18-4-3-17-9-18)20-7-11(6-19)21-14;1-5(2,3)4/h1-5,9,11,19H,6-8H2;1H3,(H,2,3,4)/t11-,14-;/m1./s1. The number of aliphatic hydroxyl groups excluding tert-OH is 1. The Balaban J connectivity index is 0.000000431. The molecule has 1 aliphatic heterocycles. The molecule has 1 aromatic heterocycles. The fourth-order valence-electron chi connectivity index (χ4n) is 2.38. The Morgan fingerprint density at radius 1 is 1.50 bits per heavy atom. The minimum Gasteiger partial charge on any atom is -0.394 e. The molecule has 2 heterocycles. The third kappa shape index (κ3) is 6.02. The fraction of sp³-hybridized carbons (Fsp3) is 0.400. The average Bonchev–Trinajstić information content (AvgIpc) is 3.16. The van der Waals surface area contributed by atoms with Crippen LogP contribution < -0.4 is 0 Å². The molecule has 0 amide bonds. The quantitative estimate of drug-likeness (QED) is 0.659. The van der Waals surface area contributed by atoms with Gasteiger partial charge in [0.05, 0.1) is 37.4 Å². The third-order valence-electron chi connectivity index (χ3n) is 3.35.